The Labute approximate surface area is 201 Å². The van der Waals surface area contributed by atoms with Crippen LogP contribution < -0.4 is 9.88 Å². The average molecular weight is 465 g/mol. The number of aromatic hydroxyl groups is 1. The number of fused-ring (bicyclic) bond motifs is 2. The Morgan fingerprint density at radius 1 is 1.03 bits per heavy atom. The SMILES string of the molecule is Cc1ccc(CC2Nc3c(-c4csc5ccccc45)nc(-c4ccc(O)cc4)c[n+]3C2=O)cc1. The lowest BCUT2D eigenvalue weighted by atomic mass is 10.0. The van der Waals surface area contributed by atoms with Crippen LogP contribution >= 0.6 is 11.3 Å². The highest BCUT2D eigenvalue weighted by Crippen LogP contribution is 2.37. The zero-order chi connectivity index (χ0) is 23.2. The second-order valence-electron chi connectivity index (χ2n) is 8.61. The first-order valence-corrected chi connectivity index (χ1v) is 12.0. The molecule has 0 aliphatic carbocycles. The Bertz CT molecular complexity index is 1540. The van der Waals surface area contributed by atoms with E-state index in [4.69, 9.17) is 4.98 Å². The minimum Gasteiger partial charge on any atom is -0.508 e. The largest absolute Gasteiger partial charge is 0.508 e. The maximum Gasteiger partial charge on any atom is 0.359 e. The van der Waals surface area contributed by atoms with E-state index < -0.39 is 0 Å². The van der Waals surface area contributed by atoms with Crippen LogP contribution in [0.2, 0.25) is 0 Å². The van der Waals surface area contributed by atoms with Gasteiger partial charge in [0.2, 0.25) is 0 Å². The van der Waals surface area contributed by atoms with Gasteiger partial charge in [-0.2, -0.15) is 4.57 Å². The number of anilines is 1. The van der Waals surface area contributed by atoms with E-state index >= 15 is 0 Å². The molecule has 0 fully saturated rings. The summed E-state index contributed by atoms with van der Waals surface area (Å²) < 4.78 is 2.88. The van der Waals surface area contributed by atoms with Gasteiger partial charge < -0.3 is 5.11 Å². The minimum atomic E-state index is -0.372. The summed E-state index contributed by atoms with van der Waals surface area (Å²) in [5, 5.41) is 16.4. The summed E-state index contributed by atoms with van der Waals surface area (Å²) in [7, 11) is 0. The topological polar surface area (TPSA) is 66.1 Å². The predicted molar refractivity (Wildman–Crippen MR) is 135 cm³/mol. The Hall–Kier alpha value is -4.03. The molecule has 0 spiro atoms. The molecule has 5 aromatic rings. The van der Waals surface area contributed by atoms with Crippen molar-refractivity contribution in [3.63, 3.8) is 0 Å². The molecule has 1 aliphatic heterocycles. The molecular formula is C28H22N3O2S+. The third-order valence-corrected chi connectivity index (χ3v) is 7.22. The van der Waals surface area contributed by atoms with Crippen molar-refractivity contribution in [2.45, 2.75) is 19.4 Å². The highest BCUT2D eigenvalue weighted by molar-refractivity contribution is 7.17. The lowest BCUT2D eigenvalue weighted by Crippen LogP contribution is -2.43. The molecule has 6 heteroatoms. The highest BCUT2D eigenvalue weighted by Gasteiger charge is 2.41. The molecule has 0 saturated carbocycles. The number of hydrogen-bond donors (Lipinski definition) is 2. The number of carbonyl (C=O) groups excluding carboxylic acids is 1. The normalized spacial score (nSPS) is 14.9. The van der Waals surface area contributed by atoms with Gasteiger partial charge in [-0.1, -0.05) is 48.0 Å². The molecule has 2 aromatic heterocycles. The fourth-order valence-corrected chi connectivity index (χ4v) is 5.37. The molecule has 1 atom stereocenters. The number of nitrogens with one attached hydrogen (secondary N) is 1. The summed E-state index contributed by atoms with van der Waals surface area (Å²) >= 11 is 1.67. The number of aryl methyl sites for hydroxylation is 1. The number of carbonyl (C=O) groups is 1. The number of aromatic nitrogens is 2. The molecule has 166 valence electrons. The Morgan fingerprint density at radius 3 is 2.59 bits per heavy atom. The van der Waals surface area contributed by atoms with Gasteiger partial charge in [-0.05, 0) is 42.8 Å². The van der Waals surface area contributed by atoms with Crippen molar-refractivity contribution in [1.29, 1.82) is 0 Å². The van der Waals surface area contributed by atoms with Gasteiger partial charge in [0.1, 0.15) is 17.6 Å². The van der Waals surface area contributed by atoms with Crippen molar-refractivity contribution in [1.82, 2.24) is 4.98 Å². The quantitative estimate of drug-likeness (QED) is 0.339. The van der Waals surface area contributed by atoms with Crippen molar-refractivity contribution in [3.05, 3.63) is 95.5 Å². The number of phenolic OH excluding ortho intramolecular Hbond substituents is 1. The smallest absolute Gasteiger partial charge is 0.359 e. The molecule has 0 saturated heterocycles. The lowest BCUT2D eigenvalue weighted by Gasteiger charge is -2.07. The van der Waals surface area contributed by atoms with Gasteiger partial charge in [0.15, 0.2) is 11.7 Å². The third kappa shape index (κ3) is 3.53. The number of thiophene rings is 1. The molecule has 5 nitrogen and oxygen atoms in total. The van der Waals surface area contributed by atoms with Crippen LogP contribution in [0.25, 0.3) is 32.6 Å². The second-order valence-corrected chi connectivity index (χ2v) is 9.52. The lowest BCUT2D eigenvalue weighted by molar-refractivity contribution is -0.551. The standard InChI is InChI=1S/C28H21N3O2S/c1-17-6-8-18(9-7-17)14-23-28(33)31-15-24(19-10-12-20(32)13-11-19)29-26(27(31)30-23)22-16-34-25-5-3-2-4-21(22)25/h2-13,15-16,23,32H,14H2,1H3/p+1. The fourth-order valence-electron chi connectivity index (χ4n) is 4.43. The third-order valence-electron chi connectivity index (χ3n) is 6.25. The summed E-state index contributed by atoms with van der Waals surface area (Å²) in [6, 6.07) is 23.1. The van der Waals surface area contributed by atoms with Gasteiger partial charge in [-0.15, -0.1) is 11.3 Å². The van der Waals surface area contributed by atoms with Crippen molar-refractivity contribution in [2.24, 2.45) is 0 Å². The predicted octanol–water partition coefficient (Wildman–Crippen LogP) is 5.61. The molecule has 3 aromatic carbocycles. The summed E-state index contributed by atoms with van der Waals surface area (Å²) in [6.45, 7) is 2.06. The fraction of sp³-hybridized carbons (Fsp3) is 0.107. The van der Waals surface area contributed by atoms with Crippen molar-refractivity contribution >= 4 is 33.1 Å². The molecule has 0 amide bonds. The highest BCUT2D eigenvalue weighted by atomic mass is 32.1. The zero-order valence-electron chi connectivity index (χ0n) is 18.5. The van der Waals surface area contributed by atoms with Crippen LogP contribution in [0.1, 0.15) is 15.9 Å². The van der Waals surface area contributed by atoms with Crippen LogP contribution in [0, 0.1) is 6.92 Å². The van der Waals surface area contributed by atoms with Crippen LogP contribution in [-0.4, -0.2) is 22.0 Å². The van der Waals surface area contributed by atoms with E-state index in [0.717, 1.165) is 27.8 Å². The van der Waals surface area contributed by atoms with Crippen LogP contribution in [0.5, 0.6) is 5.75 Å². The van der Waals surface area contributed by atoms with E-state index in [0.29, 0.717) is 17.9 Å². The first-order valence-electron chi connectivity index (χ1n) is 11.2. The first kappa shape index (κ1) is 20.6. The Morgan fingerprint density at radius 2 is 1.79 bits per heavy atom. The van der Waals surface area contributed by atoms with E-state index in [1.807, 2.05) is 24.3 Å². The molecule has 3 heterocycles. The Balaban J connectivity index is 1.49. The number of benzene rings is 3. The molecule has 0 radical (unpaired) electrons. The molecule has 1 unspecified atom stereocenters. The van der Waals surface area contributed by atoms with Crippen molar-refractivity contribution in [2.75, 3.05) is 5.32 Å². The van der Waals surface area contributed by atoms with Crippen LogP contribution in [0.3, 0.4) is 0 Å². The summed E-state index contributed by atoms with van der Waals surface area (Å²) in [5.41, 5.74) is 5.58. The molecule has 1 aliphatic rings. The van der Waals surface area contributed by atoms with Gasteiger partial charge in [-0.3, -0.25) is 5.32 Å². The van der Waals surface area contributed by atoms with Crippen LogP contribution in [0.15, 0.2) is 84.4 Å². The van der Waals surface area contributed by atoms with E-state index in [1.165, 1.54) is 10.3 Å². The molecule has 34 heavy (non-hydrogen) atoms. The molecule has 2 N–H and O–H groups in total. The van der Waals surface area contributed by atoms with E-state index in [2.05, 4.69) is 54.0 Å². The van der Waals surface area contributed by atoms with Crippen LogP contribution in [-0.2, 0) is 6.42 Å². The van der Waals surface area contributed by atoms with Gasteiger partial charge in [0.25, 0.3) is 0 Å². The molecule has 0 bridgehead atoms. The number of hydrogen-bond acceptors (Lipinski definition) is 5. The summed E-state index contributed by atoms with van der Waals surface area (Å²) in [5.74, 6) is 0.907. The van der Waals surface area contributed by atoms with E-state index in [1.54, 1.807) is 34.2 Å². The van der Waals surface area contributed by atoms with Gasteiger partial charge >= 0.3 is 11.7 Å². The Kier molecular flexibility index (Phi) is 4.89. The van der Waals surface area contributed by atoms with Crippen molar-refractivity contribution < 1.29 is 14.5 Å². The van der Waals surface area contributed by atoms with E-state index in [-0.39, 0.29) is 17.7 Å². The summed E-state index contributed by atoms with van der Waals surface area (Å²) in [6.07, 6.45) is 2.39. The zero-order valence-corrected chi connectivity index (χ0v) is 19.3. The van der Waals surface area contributed by atoms with E-state index in [9.17, 15) is 9.90 Å². The maximum atomic E-state index is 13.5. The molecular weight excluding hydrogens is 442 g/mol. The van der Waals surface area contributed by atoms with Crippen molar-refractivity contribution in [3.8, 4) is 28.3 Å². The molecule has 6 rings (SSSR count). The van der Waals surface area contributed by atoms with Gasteiger partial charge in [-0.25, -0.2) is 9.78 Å². The number of rotatable bonds is 4. The maximum absolute atomic E-state index is 13.5. The summed E-state index contributed by atoms with van der Waals surface area (Å²) in [4.78, 5) is 18.5. The van der Waals surface area contributed by atoms with Gasteiger partial charge in [0, 0.05) is 33.0 Å². The van der Waals surface area contributed by atoms with Crippen LogP contribution in [0.4, 0.5) is 5.82 Å². The minimum absolute atomic E-state index is 0.00112. The van der Waals surface area contributed by atoms with Gasteiger partial charge in [0.05, 0.1) is 0 Å². The average Bonchev–Trinajstić information content (AvgIpc) is 3.42. The first-order chi connectivity index (χ1) is 16.6. The second kappa shape index (κ2) is 8.08. The monoisotopic (exact) mass is 464 g/mol. The number of nitrogens with zero attached hydrogens (tertiary/aromatic N) is 2. The number of phenols is 1.